The highest BCUT2D eigenvalue weighted by atomic mass is 16.5. The van der Waals surface area contributed by atoms with Crippen molar-refractivity contribution in [3.8, 4) is 0 Å². The molecular formula is C13H25N3O3. The predicted octanol–water partition coefficient (Wildman–Crippen LogP) is -0.403. The quantitative estimate of drug-likeness (QED) is 0.618. The summed E-state index contributed by atoms with van der Waals surface area (Å²) in [6, 6.07) is 0. The number of carbonyl (C=O) groups is 2. The first-order valence-electron chi connectivity index (χ1n) is 6.92. The second kappa shape index (κ2) is 8.87. The van der Waals surface area contributed by atoms with Gasteiger partial charge < -0.3 is 20.3 Å². The van der Waals surface area contributed by atoms with Crippen molar-refractivity contribution >= 4 is 11.8 Å². The fraction of sp³-hybridized carbons (Fsp3) is 0.846. The van der Waals surface area contributed by atoms with E-state index in [1.165, 1.54) is 0 Å². The zero-order chi connectivity index (χ0) is 14.1. The van der Waals surface area contributed by atoms with E-state index in [-0.39, 0.29) is 18.4 Å². The Labute approximate surface area is 114 Å². The van der Waals surface area contributed by atoms with Gasteiger partial charge in [0.15, 0.2) is 0 Å². The number of amides is 2. The Morgan fingerprint density at radius 3 is 2.58 bits per heavy atom. The van der Waals surface area contributed by atoms with Crippen LogP contribution < -0.4 is 10.6 Å². The second-order valence-electron chi connectivity index (χ2n) is 5.12. The van der Waals surface area contributed by atoms with Gasteiger partial charge in [0.1, 0.15) is 0 Å². The highest BCUT2D eigenvalue weighted by molar-refractivity contribution is 5.78. The SMILES string of the molecule is CC(C)CNC(=O)CNCCC(=O)N1CCOCC1. The largest absolute Gasteiger partial charge is 0.378 e. The number of ether oxygens (including phenoxy) is 1. The van der Waals surface area contributed by atoms with Crippen molar-refractivity contribution in [1.29, 1.82) is 0 Å². The number of hydrogen-bond donors (Lipinski definition) is 2. The predicted molar refractivity (Wildman–Crippen MR) is 72.7 cm³/mol. The van der Waals surface area contributed by atoms with Gasteiger partial charge in [-0.3, -0.25) is 9.59 Å². The van der Waals surface area contributed by atoms with Crippen LogP contribution >= 0.6 is 0 Å². The molecule has 110 valence electrons. The molecule has 1 fully saturated rings. The lowest BCUT2D eigenvalue weighted by atomic mass is 10.2. The van der Waals surface area contributed by atoms with Crippen LogP contribution in [0.5, 0.6) is 0 Å². The molecule has 0 unspecified atom stereocenters. The third kappa shape index (κ3) is 7.12. The molecule has 0 bridgehead atoms. The van der Waals surface area contributed by atoms with Gasteiger partial charge in [-0.1, -0.05) is 13.8 Å². The van der Waals surface area contributed by atoms with E-state index < -0.39 is 0 Å². The van der Waals surface area contributed by atoms with Crippen molar-refractivity contribution in [2.24, 2.45) is 5.92 Å². The Morgan fingerprint density at radius 1 is 1.26 bits per heavy atom. The molecule has 1 saturated heterocycles. The lowest BCUT2D eigenvalue weighted by Crippen LogP contribution is -2.42. The lowest BCUT2D eigenvalue weighted by Gasteiger charge is -2.26. The minimum absolute atomic E-state index is 0.0208. The third-order valence-corrected chi connectivity index (χ3v) is 2.87. The zero-order valence-electron chi connectivity index (χ0n) is 11.9. The number of hydrogen-bond acceptors (Lipinski definition) is 4. The number of carbonyl (C=O) groups excluding carboxylic acids is 2. The summed E-state index contributed by atoms with van der Waals surface area (Å²) in [6.45, 7) is 8.18. The Hall–Kier alpha value is -1.14. The summed E-state index contributed by atoms with van der Waals surface area (Å²) in [5.41, 5.74) is 0. The van der Waals surface area contributed by atoms with E-state index in [1.807, 2.05) is 4.90 Å². The summed E-state index contributed by atoms with van der Waals surface area (Å²) in [5, 5.41) is 5.81. The van der Waals surface area contributed by atoms with Gasteiger partial charge in [-0.2, -0.15) is 0 Å². The van der Waals surface area contributed by atoms with Crippen LogP contribution in [0.1, 0.15) is 20.3 Å². The van der Waals surface area contributed by atoms with Crippen molar-refractivity contribution < 1.29 is 14.3 Å². The summed E-state index contributed by atoms with van der Waals surface area (Å²) in [4.78, 5) is 25.0. The molecular weight excluding hydrogens is 246 g/mol. The maximum atomic E-state index is 11.8. The van der Waals surface area contributed by atoms with E-state index in [9.17, 15) is 9.59 Å². The van der Waals surface area contributed by atoms with E-state index in [4.69, 9.17) is 4.74 Å². The molecule has 2 N–H and O–H groups in total. The number of nitrogens with one attached hydrogen (secondary N) is 2. The summed E-state index contributed by atoms with van der Waals surface area (Å²) in [5.74, 6) is 0.553. The van der Waals surface area contributed by atoms with Crippen LogP contribution in [-0.2, 0) is 14.3 Å². The molecule has 6 heteroatoms. The number of morpholine rings is 1. The van der Waals surface area contributed by atoms with E-state index in [1.54, 1.807) is 0 Å². The fourth-order valence-corrected chi connectivity index (χ4v) is 1.75. The van der Waals surface area contributed by atoms with E-state index in [0.717, 1.165) is 0 Å². The van der Waals surface area contributed by atoms with Crippen LogP contribution in [0.25, 0.3) is 0 Å². The van der Waals surface area contributed by atoms with Crippen molar-refractivity contribution in [2.75, 3.05) is 45.9 Å². The summed E-state index contributed by atoms with van der Waals surface area (Å²) in [6.07, 6.45) is 0.428. The molecule has 0 aromatic heterocycles. The summed E-state index contributed by atoms with van der Waals surface area (Å²) < 4.78 is 5.19. The molecule has 0 radical (unpaired) electrons. The van der Waals surface area contributed by atoms with Crippen LogP contribution in [0, 0.1) is 5.92 Å². The maximum Gasteiger partial charge on any atom is 0.233 e. The molecule has 1 heterocycles. The Kier molecular flexibility index (Phi) is 7.43. The molecule has 0 aromatic carbocycles. The minimum Gasteiger partial charge on any atom is -0.378 e. The maximum absolute atomic E-state index is 11.8. The van der Waals surface area contributed by atoms with Crippen LogP contribution in [0.15, 0.2) is 0 Å². The average Bonchev–Trinajstić information content (AvgIpc) is 2.42. The van der Waals surface area contributed by atoms with Crippen LogP contribution in [0.3, 0.4) is 0 Å². The van der Waals surface area contributed by atoms with Gasteiger partial charge in [0.2, 0.25) is 11.8 Å². The first kappa shape index (κ1) is 15.9. The fourth-order valence-electron chi connectivity index (χ4n) is 1.75. The van der Waals surface area contributed by atoms with Gasteiger partial charge in [-0.25, -0.2) is 0 Å². The Balaban J connectivity index is 2.03. The molecule has 6 nitrogen and oxygen atoms in total. The summed E-state index contributed by atoms with van der Waals surface area (Å²) in [7, 11) is 0. The van der Waals surface area contributed by atoms with Crippen LogP contribution in [-0.4, -0.2) is 62.7 Å². The highest BCUT2D eigenvalue weighted by Gasteiger charge is 2.15. The van der Waals surface area contributed by atoms with Crippen molar-refractivity contribution in [3.63, 3.8) is 0 Å². The van der Waals surface area contributed by atoms with Gasteiger partial charge in [0, 0.05) is 32.6 Å². The molecule has 19 heavy (non-hydrogen) atoms. The third-order valence-electron chi connectivity index (χ3n) is 2.87. The van der Waals surface area contributed by atoms with Gasteiger partial charge in [0.05, 0.1) is 19.8 Å². The molecule has 1 aliphatic rings. The molecule has 0 aliphatic carbocycles. The second-order valence-corrected chi connectivity index (χ2v) is 5.12. The van der Waals surface area contributed by atoms with Gasteiger partial charge in [-0.05, 0) is 5.92 Å². The molecule has 0 spiro atoms. The summed E-state index contributed by atoms with van der Waals surface area (Å²) >= 11 is 0. The van der Waals surface area contributed by atoms with E-state index >= 15 is 0 Å². The molecule has 1 rings (SSSR count). The first-order chi connectivity index (χ1) is 9.09. The molecule has 0 atom stereocenters. The van der Waals surface area contributed by atoms with Crippen LogP contribution in [0.4, 0.5) is 0 Å². The van der Waals surface area contributed by atoms with Crippen molar-refractivity contribution in [1.82, 2.24) is 15.5 Å². The smallest absolute Gasteiger partial charge is 0.233 e. The molecule has 2 amide bonds. The van der Waals surface area contributed by atoms with Crippen molar-refractivity contribution in [2.45, 2.75) is 20.3 Å². The Morgan fingerprint density at radius 2 is 1.95 bits per heavy atom. The minimum atomic E-state index is -0.0208. The van der Waals surface area contributed by atoms with Gasteiger partial charge in [-0.15, -0.1) is 0 Å². The van der Waals surface area contributed by atoms with E-state index in [0.29, 0.717) is 51.7 Å². The monoisotopic (exact) mass is 271 g/mol. The van der Waals surface area contributed by atoms with Gasteiger partial charge in [0.25, 0.3) is 0 Å². The average molecular weight is 271 g/mol. The number of nitrogens with zero attached hydrogens (tertiary/aromatic N) is 1. The Bertz CT molecular complexity index is 289. The lowest BCUT2D eigenvalue weighted by molar-refractivity contribution is -0.135. The molecule has 0 saturated carbocycles. The number of rotatable bonds is 7. The van der Waals surface area contributed by atoms with Crippen molar-refractivity contribution in [3.05, 3.63) is 0 Å². The highest BCUT2D eigenvalue weighted by Crippen LogP contribution is 1.99. The van der Waals surface area contributed by atoms with E-state index in [2.05, 4.69) is 24.5 Å². The molecule has 0 aromatic rings. The zero-order valence-corrected chi connectivity index (χ0v) is 11.9. The first-order valence-corrected chi connectivity index (χ1v) is 6.92. The topological polar surface area (TPSA) is 70.7 Å². The standard InChI is InChI=1S/C13H25N3O3/c1-11(2)9-15-12(17)10-14-4-3-13(18)16-5-7-19-8-6-16/h11,14H,3-10H2,1-2H3,(H,15,17). The molecule has 1 aliphatic heterocycles. The normalized spacial score (nSPS) is 15.6. The van der Waals surface area contributed by atoms with Gasteiger partial charge >= 0.3 is 0 Å². The van der Waals surface area contributed by atoms with Crippen LogP contribution in [0.2, 0.25) is 0 Å².